The monoisotopic (exact) mass is 378 g/mol. The largest absolute Gasteiger partial charge is 0.457 e. The minimum atomic E-state index is -0.312. The maximum atomic E-state index is 12.7. The molecule has 0 spiro atoms. The van der Waals surface area contributed by atoms with Crippen molar-refractivity contribution in [2.75, 3.05) is 0 Å². The Morgan fingerprint density at radius 3 is 1.79 bits per heavy atom. The Bertz CT molecular complexity index is 715. The molecule has 3 nitrogen and oxygen atoms in total. The lowest BCUT2D eigenvalue weighted by Crippen LogP contribution is -2.41. The molecule has 28 heavy (non-hydrogen) atoms. The highest BCUT2D eigenvalue weighted by Crippen LogP contribution is 2.38. The standard InChI is InChI=1S/C24H31BO3/c1-23(2)24(3,4)28-25(27-23)17-11-16-21(26)18-22(19-12-7-5-8-13-19)20-14-9-6-10-15-20/h5-10,12-15,22H,11,16-18H2,1-4H3. The lowest BCUT2D eigenvalue weighted by atomic mass is 9.81. The zero-order chi connectivity index (χ0) is 20.2. The molecule has 1 heterocycles. The summed E-state index contributed by atoms with van der Waals surface area (Å²) >= 11 is 0. The highest BCUT2D eigenvalue weighted by molar-refractivity contribution is 6.45. The molecule has 0 saturated carbocycles. The van der Waals surface area contributed by atoms with Crippen molar-refractivity contribution in [3.8, 4) is 0 Å². The van der Waals surface area contributed by atoms with Crippen molar-refractivity contribution in [3.63, 3.8) is 0 Å². The second-order valence-electron chi connectivity index (χ2n) is 8.69. The molecule has 0 bridgehead atoms. The van der Waals surface area contributed by atoms with Gasteiger partial charge in [0.05, 0.1) is 11.2 Å². The van der Waals surface area contributed by atoms with E-state index < -0.39 is 0 Å². The molecule has 2 aromatic carbocycles. The molecule has 0 N–H and O–H groups in total. The van der Waals surface area contributed by atoms with E-state index in [1.807, 2.05) is 36.4 Å². The number of Topliss-reactive ketones (excluding diaryl/α,β-unsaturated/α-hetero) is 1. The number of carbonyl (C=O) groups is 1. The van der Waals surface area contributed by atoms with E-state index in [1.54, 1.807) is 0 Å². The number of rotatable bonds is 8. The van der Waals surface area contributed by atoms with Crippen LogP contribution >= 0.6 is 0 Å². The van der Waals surface area contributed by atoms with Crippen LogP contribution in [0.4, 0.5) is 0 Å². The first-order valence-electron chi connectivity index (χ1n) is 10.3. The fourth-order valence-electron chi connectivity index (χ4n) is 3.68. The van der Waals surface area contributed by atoms with Gasteiger partial charge in [-0.15, -0.1) is 0 Å². The van der Waals surface area contributed by atoms with E-state index in [2.05, 4.69) is 52.0 Å². The van der Waals surface area contributed by atoms with Gasteiger partial charge in [0.25, 0.3) is 0 Å². The predicted octanol–water partition coefficient (Wildman–Crippen LogP) is 5.65. The Morgan fingerprint density at radius 2 is 1.32 bits per heavy atom. The molecule has 3 rings (SSSR count). The summed E-state index contributed by atoms with van der Waals surface area (Å²) in [7, 11) is -0.225. The second kappa shape index (κ2) is 8.63. The van der Waals surface area contributed by atoms with Gasteiger partial charge in [0.2, 0.25) is 0 Å². The average molecular weight is 378 g/mol. The van der Waals surface area contributed by atoms with Crippen LogP contribution in [0, 0.1) is 0 Å². The third-order valence-electron chi connectivity index (χ3n) is 6.03. The van der Waals surface area contributed by atoms with Gasteiger partial charge in [-0.25, -0.2) is 0 Å². The van der Waals surface area contributed by atoms with Crippen LogP contribution in [0.1, 0.15) is 64.0 Å². The summed E-state index contributed by atoms with van der Waals surface area (Å²) in [6, 6.07) is 20.6. The normalized spacial score (nSPS) is 17.8. The van der Waals surface area contributed by atoms with Gasteiger partial charge in [-0.3, -0.25) is 4.79 Å². The van der Waals surface area contributed by atoms with Gasteiger partial charge in [0.15, 0.2) is 0 Å². The molecule has 0 atom stereocenters. The van der Waals surface area contributed by atoms with Crippen LogP contribution in [-0.2, 0) is 14.1 Å². The van der Waals surface area contributed by atoms with Crippen molar-refractivity contribution < 1.29 is 14.1 Å². The number of carbonyl (C=O) groups excluding carboxylic acids is 1. The van der Waals surface area contributed by atoms with Gasteiger partial charge in [0.1, 0.15) is 5.78 Å². The molecular formula is C24H31BO3. The molecule has 1 aliphatic heterocycles. The maximum Gasteiger partial charge on any atom is 0.457 e. The van der Waals surface area contributed by atoms with Gasteiger partial charge >= 0.3 is 7.12 Å². The lowest BCUT2D eigenvalue weighted by Gasteiger charge is -2.32. The first-order chi connectivity index (χ1) is 13.3. The summed E-state index contributed by atoms with van der Waals surface area (Å²) in [5, 5.41) is 0. The predicted molar refractivity (Wildman–Crippen MR) is 114 cm³/mol. The average Bonchev–Trinajstić information content (AvgIpc) is 2.87. The summed E-state index contributed by atoms with van der Waals surface area (Å²) in [6.45, 7) is 8.23. The molecular weight excluding hydrogens is 347 g/mol. The van der Waals surface area contributed by atoms with E-state index in [0.717, 1.165) is 12.7 Å². The van der Waals surface area contributed by atoms with Crippen LogP contribution in [0.2, 0.25) is 6.32 Å². The molecule has 4 heteroatoms. The summed E-state index contributed by atoms with van der Waals surface area (Å²) in [5.74, 6) is 0.390. The molecule has 0 amide bonds. The van der Waals surface area contributed by atoms with E-state index in [-0.39, 0.29) is 30.0 Å². The van der Waals surface area contributed by atoms with Gasteiger partial charge < -0.3 is 9.31 Å². The molecule has 1 fully saturated rings. The van der Waals surface area contributed by atoms with Gasteiger partial charge in [-0.1, -0.05) is 60.7 Å². The zero-order valence-corrected chi connectivity index (χ0v) is 17.5. The molecule has 1 saturated heterocycles. The van der Waals surface area contributed by atoms with E-state index >= 15 is 0 Å². The van der Waals surface area contributed by atoms with Gasteiger partial charge in [0, 0.05) is 18.8 Å². The number of ketones is 1. The van der Waals surface area contributed by atoms with E-state index in [9.17, 15) is 4.79 Å². The van der Waals surface area contributed by atoms with Gasteiger partial charge in [-0.2, -0.15) is 0 Å². The van der Waals surface area contributed by atoms with Gasteiger partial charge in [-0.05, 0) is 51.6 Å². The fourth-order valence-corrected chi connectivity index (χ4v) is 3.68. The second-order valence-corrected chi connectivity index (χ2v) is 8.69. The Morgan fingerprint density at radius 1 is 0.857 bits per heavy atom. The third kappa shape index (κ3) is 4.92. The van der Waals surface area contributed by atoms with Crippen LogP contribution in [0.5, 0.6) is 0 Å². The SMILES string of the molecule is CC1(C)OB(CCCC(=O)CC(c2ccccc2)c2ccccc2)OC1(C)C. The summed E-state index contributed by atoms with van der Waals surface area (Å²) < 4.78 is 12.1. The van der Waals surface area contributed by atoms with Crippen LogP contribution in [0.25, 0.3) is 0 Å². The van der Waals surface area contributed by atoms with Crippen LogP contribution in [0.3, 0.4) is 0 Å². The van der Waals surface area contributed by atoms with Crippen molar-refractivity contribution in [1.29, 1.82) is 0 Å². The minimum absolute atomic E-state index is 0.103. The van der Waals surface area contributed by atoms with E-state index in [4.69, 9.17) is 9.31 Å². The first-order valence-corrected chi connectivity index (χ1v) is 10.3. The lowest BCUT2D eigenvalue weighted by molar-refractivity contribution is -0.119. The van der Waals surface area contributed by atoms with Crippen molar-refractivity contribution in [2.24, 2.45) is 0 Å². The maximum absolute atomic E-state index is 12.7. The van der Waals surface area contributed by atoms with Crippen LogP contribution in [-0.4, -0.2) is 24.1 Å². The molecule has 2 aromatic rings. The van der Waals surface area contributed by atoms with Crippen molar-refractivity contribution >= 4 is 12.9 Å². The number of benzene rings is 2. The first kappa shape index (κ1) is 20.8. The van der Waals surface area contributed by atoms with Crippen LogP contribution < -0.4 is 0 Å². The smallest absolute Gasteiger partial charge is 0.403 e. The highest BCUT2D eigenvalue weighted by Gasteiger charge is 2.50. The van der Waals surface area contributed by atoms with Crippen molar-refractivity contribution in [2.45, 2.75) is 70.4 Å². The van der Waals surface area contributed by atoms with Crippen molar-refractivity contribution in [3.05, 3.63) is 71.8 Å². The molecule has 0 unspecified atom stereocenters. The molecule has 0 aliphatic carbocycles. The molecule has 1 aliphatic rings. The topological polar surface area (TPSA) is 35.5 Å². The Hall–Kier alpha value is -1.91. The highest BCUT2D eigenvalue weighted by atomic mass is 16.7. The van der Waals surface area contributed by atoms with E-state index in [0.29, 0.717) is 12.8 Å². The third-order valence-corrected chi connectivity index (χ3v) is 6.03. The zero-order valence-electron chi connectivity index (χ0n) is 17.5. The summed E-state index contributed by atoms with van der Waals surface area (Å²) in [4.78, 5) is 12.7. The molecule has 148 valence electrons. The minimum Gasteiger partial charge on any atom is -0.403 e. The molecule has 0 radical (unpaired) electrons. The summed E-state index contributed by atoms with van der Waals surface area (Å²) in [6.07, 6.45) is 2.61. The fraction of sp³-hybridized carbons (Fsp3) is 0.458. The van der Waals surface area contributed by atoms with Crippen LogP contribution in [0.15, 0.2) is 60.7 Å². The number of hydrogen-bond donors (Lipinski definition) is 0. The summed E-state index contributed by atoms with van der Waals surface area (Å²) in [5.41, 5.74) is 1.75. The quantitative estimate of drug-likeness (QED) is 0.557. The number of hydrogen-bond acceptors (Lipinski definition) is 3. The Kier molecular flexibility index (Phi) is 6.41. The van der Waals surface area contributed by atoms with E-state index in [1.165, 1.54) is 11.1 Å². The molecule has 0 aromatic heterocycles. The Labute approximate surface area is 169 Å². The van der Waals surface area contributed by atoms with Crippen molar-refractivity contribution in [1.82, 2.24) is 0 Å². The Balaban J connectivity index is 1.56.